The van der Waals surface area contributed by atoms with Crippen LogP contribution in [0.2, 0.25) is 0 Å². The molecule has 1 rings (SSSR count). The van der Waals surface area contributed by atoms with Crippen LogP contribution in [0.1, 0.15) is 6.42 Å². The Labute approximate surface area is 47.1 Å². The molecule has 0 amide bonds. The Kier molecular flexibility index (Phi) is 1.72. The second-order valence-electron chi connectivity index (χ2n) is 1.32. The van der Waals surface area contributed by atoms with Crippen molar-refractivity contribution in [2.24, 2.45) is 0 Å². The normalized spacial score (nSPS) is 32.5. The molecule has 0 bridgehead atoms. The van der Waals surface area contributed by atoms with Crippen molar-refractivity contribution in [3.63, 3.8) is 0 Å². The second-order valence-corrected chi connectivity index (χ2v) is 3.97. The summed E-state index contributed by atoms with van der Waals surface area (Å²) in [5, 5.41) is 0. The largest absolute Gasteiger partial charge is 0.151 e. The van der Waals surface area contributed by atoms with Crippen LogP contribution in [-0.2, 0) is 0 Å². The fourth-order valence-electron chi connectivity index (χ4n) is 0.400. The number of rotatable bonds is 1. The molecule has 36 valence electrons. The molecule has 0 aliphatic carbocycles. The fourth-order valence-corrected chi connectivity index (χ4v) is 2.19. The van der Waals surface area contributed by atoms with E-state index in [1.165, 1.54) is 12.2 Å². The highest BCUT2D eigenvalue weighted by Gasteiger charge is 2.14. The molecular weight excluding hydrogens is 112 g/mol. The molecule has 1 aliphatic heterocycles. The van der Waals surface area contributed by atoms with Gasteiger partial charge in [-0.05, 0) is 18.4 Å². The van der Waals surface area contributed by atoms with E-state index >= 15 is 0 Å². The second kappa shape index (κ2) is 2.12. The van der Waals surface area contributed by atoms with E-state index in [1.807, 2.05) is 11.8 Å². The molecule has 1 aliphatic rings. The summed E-state index contributed by atoms with van der Waals surface area (Å²) in [6, 6.07) is 0. The molecule has 2 heteroatoms. The third-order valence-electron chi connectivity index (χ3n) is 0.920. The minimum Gasteiger partial charge on any atom is -0.151 e. The smallest absolute Gasteiger partial charge is 0.0507 e. The Morgan fingerprint density at radius 1 is 1.83 bits per heavy atom. The summed E-state index contributed by atoms with van der Waals surface area (Å²) in [4.78, 5) is 0. The number of thioether (sulfide) groups is 2. The minimum atomic E-state index is 0.949. The van der Waals surface area contributed by atoms with Crippen molar-refractivity contribution in [1.29, 1.82) is 0 Å². The van der Waals surface area contributed by atoms with Crippen molar-refractivity contribution < 1.29 is 0 Å². The lowest BCUT2D eigenvalue weighted by atomic mass is 10.5. The summed E-state index contributed by atoms with van der Waals surface area (Å²) in [5.41, 5.74) is 0. The highest BCUT2D eigenvalue weighted by atomic mass is 32.2. The van der Waals surface area contributed by atoms with E-state index in [-0.39, 0.29) is 0 Å². The average Bonchev–Trinajstić information content (AvgIpc) is 1.31. The zero-order valence-corrected chi connectivity index (χ0v) is 5.44. The van der Waals surface area contributed by atoms with Gasteiger partial charge >= 0.3 is 0 Å². The average molecular weight is 120 g/mol. The maximum Gasteiger partial charge on any atom is 0.0507 e. The van der Waals surface area contributed by atoms with Gasteiger partial charge in [-0.2, -0.15) is 11.8 Å². The van der Waals surface area contributed by atoms with Crippen LogP contribution in [0.15, 0.2) is 0 Å². The molecule has 1 unspecified atom stereocenters. The fraction of sp³-hybridized carbons (Fsp3) is 1.00. The molecule has 1 saturated heterocycles. The Morgan fingerprint density at radius 3 is 2.50 bits per heavy atom. The van der Waals surface area contributed by atoms with E-state index in [2.05, 4.69) is 18.0 Å². The van der Waals surface area contributed by atoms with Crippen LogP contribution in [-0.4, -0.2) is 16.6 Å². The maximum atomic E-state index is 2.18. The molecule has 0 spiro atoms. The van der Waals surface area contributed by atoms with Gasteiger partial charge in [0.05, 0.1) is 4.58 Å². The summed E-state index contributed by atoms with van der Waals surface area (Å²) in [5.74, 6) is 1.39. The quantitative estimate of drug-likeness (QED) is 0.517. The third kappa shape index (κ3) is 0.850. The molecule has 0 aromatic rings. The SMILES string of the molecule is CSC1CCS1. The Morgan fingerprint density at radius 2 is 2.50 bits per heavy atom. The van der Waals surface area contributed by atoms with Gasteiger partial charge in [0, 0.05) is 0 Å². The maximum absolute atomic E-state index is 2.18. The predicted octanol–water partition coefficient (Wildman–Crippen LogP) is 1.81. The molecule has 0 radical (unpaired) electrons. The van der Waals surface area contributed by atoms with Crippen LogP contribution < -0.4 is 0 Å². The summed E-state index contributed by atoms with van der Waals surface area (Å²) >= 11 is 4.04. The minimum absolute atomic E-state index is 0.949. The molecule has 0 aromatic heterocycles. The lowest BCUT2D eigenvalue weighted by molar-refractivity contribution is 1.01. The van der Waals surface area contributed by atoms with Crippen molar-refractivity contribution in [2.45, 2.75) is 11.0 Å². The Hall–Kier alpha value is 0.700. The molecule has 0 saturated carbocycles. The highest BCUT2D eigenvalue weighted by molar-refractivity contribution is 8.17. The van der Waals surface area contributed by atoms with Crippen molar-refractivity contribution in [3.05, 3.63) is 0 Å². The van der Waals surface area contributed by atoms with Gasteiger partial charge in [0.25, 0.3) is 0 Å². The standard InChI is InChI=1S/C4H8S2/c1-5-4-2-3-6-4/h4H,2-3H2,1H3. The van der Waals surface area contributed by atoms with Gasteiger partial charge in [0.1, 0.15) is 0 Å². The van der Waals surface area contributed by atoms with Gasteiger partial charge < -0.3 is 0 Å². The molecular formula is C4H8S2. The lowest BCUT2D eigenvalue weighted by Crippen LogP contribution is -2.09. The summed E-state index contributed by atoms with van der Waals surface area (Å²) in [7, 11) is 0. The van der Waals surface area contributed by atoms with Crippen LogP contribution in [0.5, 0.6) is 0 Å². The topological polar surface area (TPSA) is 0 Å². The van der Waals surface area contributed by atoms with Crippen molar-refractivity contribution in [2.75, 3.05) is 12.0 Å². The molecule has 6 heavy (non-hydrogen) atoms. The van der Waals surface area contributed by atoms with E-state index in [0.29, 0.717) is 0 Å². The van der Waals surface area contributed by atoms with Crippen molar-refractivity contribution >= 4 is 23.5 Å². The first-order valence-corrected chi connectivity index (χ1v) is 4.41. The molecule has 0 N–H and O–H groups in total. The van der Waals surface area contributed by atoms with Crippen LogP contribution in [0.3, 0.4) is 0 Å². The van der Waals surface area contributed by atoms with Crippen LogP contribution >= 0.6 is 23.5 Å². The first-order valence-electron chi connectivity index (χ1n) is 2.08. The lowest BCUT2D eigenvalue weighted by Gasteiger charge is -2.21. The van der Waals surface area contributed by atoms with Crippen LogP contribution in [0, 0.1) is 0 Å². The van der Waals surface area contributed by atoms with E-state index < -0.39 is 0 Å². The summed E-state index contributed by atoms with van der Waals surface area (Å²) in [6.07, 6.45) is 3.61. The van der Waals surface area contributed by atoms with Gasteiger partial charge in [-0.3, -0.25) is 0 Å². The molecule has 0 nitrogen and oxygen atoms in total. The van der Waals surface area contributed by atoms with E-state index in [4.69, 9.17) is 0 Å². The van der Waals surface area contributed by atoms with E-state index in [0.717, 1.165) is 4.58 Å². The number of hydrogen-bond donors (Lipinski definition) is 0. The van der Waals surface area contributed by atoms with Gasteiger partial charge in [-0.25, -0.2) is 0 Å². The summed E-state index contributed by atoms with van der Waals surface area (Å²) < 4.78 is 0.949. The zero-order valence-electron chi connectivity index (χ0n) is 3.81. The molecule has 0 aromatic carbocycles. The van der Waals surface area contributed by atoms with Gasteiger partial charge in [0.2, 0.25) is 0 Å². The molecule has 1 fully saturated rings. The van der Waals surface area contributed by atoms with E-state index in [1.54, 1.807) is 0 Å². The first-order chi connectivity index (χ1) is 2.93. The molecule has 1 atom stereocenters. The van der Waals surface area contributed by atoms with Crippen LogP contribution in [0.4, 0.5) is 0 Å². The van der Waals surface area contributed by atoms with Gasteiger partial charge in [-0.1, -0.05) is 0 Å². The van der Waals surface area contributed by atoms with Gasteiger partial charge in [-0.15, -0.1) is 11.8 Å². The third-order valence-corrected chi connectivity index (χ3v) is 3.75. The Balaban J connectivity index is 2.01. The predicted molar refractivity (Wildman–Crippen MR) is 34.4 cm³/mol. The zero-order chi connectivity index (χ0) is 4.41. The van der Waals surface area contributed by atoms with Crippen LogP contribution in [0.25, 0.3) is 0 Å². The monoisotopic (exact) mass is 120 g/mol. The van der Waals surface area contributed by atoms with Crippen molar-refractivity contribution in [1.82, 2.24) is 0 Å². The Bertz CT molecular complexity index is 38.1. The highest BCUT2D eigenvalue weighted by Crippen LogP contribution is 2.34. The first kappa shape index (κ1) is 4.85. The number of hydrogen-bond acceptors (Lipinski definition) is 2. The van der Waals surface area contributed by atoms with Gasteiger partial charge in [0.15, 0.2) is 0 Å². The molecule has 1 heterocycles. The van der Waals surface area contributed by atoms with E-state index in [9.17, 15) is 0 Å². The summed E-state index contributed by atoms with van der Waals surface area (Å²) in [6.45, 7) is 0. The van der Waals surface area contributed by atoms with Crippen molar-refractivity contribution in [3.8, 4) is 0 Å².